The summed E-state index contributed by atoms with van der Waals surface area (Å²) < 4.78 is 0. The Kier molecular flexibility index (Phi) is 2.67. The Hall–Kier alpha value is -3.26. The molecule has 0 saturated carbocycles. The number of nitrogens with zero attached hydrogens (tertiary/aromatic N) is 1. The molecule has 4 N–H and O–H groups in total. The Bertz CT molecular complexity index is 776. The number of carbonyl (C=O) groups is 2. The fraction of sp³-hybridized carbons (Fsp3) is 0. The summed E-state index contributed by atoms with van der Waals surface area (Å²) in [5.74, 6) is 1.64. The third-order valence-corrected chi connectivity index (χ3v) is 3.38. The number of hydrogen-bond donors (Lipinski definition) is 2. The maximum absolute atomic E-state index is 12.4. The second kappa shape index (κ2) is 4.39. The number of benzene rings is 2. The molecular weight excluding hydrogens is 266 g/mol. The van der Waals surface area contributed by atoms with Crippen LogP contribution in [0.5, 0.6) is 0 Å². The van der Waals surface area contributed by atoms with Crippen molar-refractivity contribution < 1.29 is 9.59 Å². The first-order valence-corrected chi connectivity index (χ1v) is 6.17. The van der Waals surface area contributed by atoms with Crippen molar-refractivity contribution in [3.8, 4) is 12.3 Å². The summed E-state index contributed by atoms with van der Waals surface area (Å²) in [6.45, 7) is 0. The SMILES string of the molecule is C#Cc1ccc(N2C(=O)c3cc(N)c(N)cc3C2=O)cc1. The average molecular weight is 277 g/mol. The highest BCUT2D eigenvalue weighted by Gasteiger charge is 2.37. The van der Waals surface area contributed by atoms with E-state index in [1.54, 1.807) is 24.3 Å². The Balaban J connectivity index is 2.09. The minimum atomic E-state index is -0.421. The van der Waals surface area contributed by atoms with E-state index in [2.05, 4.69) is 5.92 Å². The van der Waals surface area contributed by atoms with Gasteiger partial charge in [-0.15, -0.1) is 6.42 Å². The van der Waals surface area contributed by atoms with Crippen LogP contribution >= 0.6 is 0 Å². The molecule has 102 valence electrons. The lowest BCUT2D eigenvalue weighted by atomic mass is 10.1. The van der Waals surface area contributed by atoms with E-state index in [9.17, 15) is 9.59 Å². The zero-order valence-electron chi connectivity index (χ0n) is 11.0. The first kappa shape index (κ1) is 12.8. The standard InChI is InChI=1S/C16H11N3O2/c1-2-9-3-5-10(6-4-9)19-15(20)11-7-13(17)14(18)8-12(11)16(19)21/h1,3-8H,17-18H2. The quantitative estimate of drug-likeness (QED) is 0.471. The second-order valence-electron chi connectivity index (χ2n) is 4.66. The summed E-state index contributed by atoms with van der Waals surface area (Å²) in [5.41, 5.74) is 13.6. The molecule has 0 saturated heterocycles. The Morgan fingerprint density at radius 1 is 0.905 bits per heavy atom. The van der Waals surface area contributed by atoms with Crippen molar-refractivity contribution in [3.63, 3.8) is 0 Å². The maximum Gasteiger partial charge on any atom is 0.266 e. The highest BCUT2D eigenvalue weighted by molar-refractivity contribution is 6.35. The van der Waals surface area contributed by atoms with E-state index >= 15 is 0 Å². The first-order chi connectivity index (χ1) is 10.0. The van der Waals surface area contributed by atoms with Gasteiger partial charge in [0.25, 0.3) is 11.8 Å². The molecule has 0 aliphatic carbocycles. The van der Waals surface area contributed by atoms with E-state index in [-0.39, 0.29) is 22.5 Å². The lowest BCUT2D eigenvalue weighted by Gasteiger charge is -2.13. The molecule has 1 aliphatic heterocycles. The van der Waals surface area contributed by atoms with Gasteiger partial charge in [0.15, 0.2) is 0 Å². The number of amides is 2. The van der Waals surface area contributed by atoms with Crippen molar-refractivity contribution in [2.45, 2.75) is 0 Å². The van der Waals surface area contributed by atoms with Crippen LogP contribution in [0, 0.1) is 12.3 Å². The normalized spacial score (nSPS) is 13.2. The highest BCUT2D eigenvalue weighted by Crippen LogP contribution is 2.32. The summed E-state index contributed by atoms with van der Waals surface area (Å²) in [5, 5.41) is 0. The van der Waals surface area contributed by atoms with Gasteiger partial charge in [0, 0.05) is 5.56 Å². The van der Waals surface area contributed by atoms with Crippen LogP contribution < -0.4 is 16.4 Å². The smallest absolute Gasteiger partial charge is 0.266 e. The van der Waals surface area contributed by atoms with Gasteiger partial charge in [-0.2, -0.15) is 0 Å². The largest absolute Gasteiger partial charge is 0.397 e. The van der Waals surface area contributed by atoms with Crippen molar-refractivity contribution in [2.24, 2.45) is 0 Å². The molecular formula is C16H11N3O2. The number of hydrogen-bond acceptors (Lipinski definition) is 4. The highest BCUT2D eigenvalue weighted by atomic mass is 16.2. The van der Waals surface area contributed by atoms with Crippen LogP contribution in [-0.4, -0.2) is 11.8 Å². The van der Waals surface area contributed by atoms with Gasteiger partial charge in [0.2, 0.25) is 0 Å². The van der Waals surface area contributed by atoms with Crippen molar-refractivity contribution in [3.05, 3.63) is 53.1 Å². The molecule has 21 heavy (non-hydrogen) atoms. The molecule has 5 heteroatoms. The predicted octanol–water partition coefficient (Wildman–Crippen LogP) is 1.63. The number of terminal acetylenes is 1. The summed E-state index contributed by atoms with van der Waals surface area (Å²) >= 11 is 0. The van der Waals surface area contributed by atoms with E-state index < -0.39 is 11.8 Å². The van der Waals surface area contributed by atoms with Crippen LogP contribution in [0.15, 0.2) is 36.4 Å². The zero-order chi connectivity index (χ0) is 15.1. The summed E-state index contributed by atoms with van der Waals surface area (Å²) in [7, 11) is 0. The van der Waals surface area contributed by atoms with Gasteiger partial charge in [-0.3, -0.25) is 9.59 Å². The topological polar surface area (TPSA) is 89.4 Å². The summed E-state index contributed by atoms with van der Waals surface area (Å²) in [6.07, 6.45) is 5.28. The molecule has 0 aromatic heterocycles. The molecule has 0 unspecified atom stereocenters. The molecule has 2 amide bonds. The molecule has 0 radical (unpaired) electrons. The number of anilines is 3. The fourth-order valence-corrected chi connectivity index (χ4v) is 2.26. The molecule has 1 heterocycles. The Morgan fingerprint density at radius 3 is 1.81 bits per heavy atom. The molecule has 5 nitrogen and oxygen atoms in total. The number of nitrogen functional groups attached to an aromatic ring is 2. The van der Waals surface area contributed by atoms with Crippen LogP contribution in [0.3, 0.4) is 0 Å². The van der Waals surface area contributed by atoms with E-state index in [1.807, 2.05) is 0 Å². The van der Waals surface area contributed by atoms with Crippen molar-refractivity contribution >= 4 is 28.9 Å². The molecule has 0 atom stereocenters. The molecule has 0 bridgehead atoms. The van der Waals surface area contributed by atoms with E-state index in [4.69, 9.17) is 17.9 Å². The molecule has 0 fully saturated rings. The van der Waals surface area contributed by atoms with Crippen LogP contribution in [-0.2, 0) is 0 Å². The van der Waals surface area contributed by atoms with Gasteiger partial charge < -0.3 is 11.5 Å². The predicted molar refractivity (Wildman–Crippen MR) is 80.8 cm³/mol. The van der Waals surface area contributed by atoms with Gasteiger partial charge in [-0.05, 0) is 36.4 Å². The lowest BCUT2D eigenvalue weighted by molar-refractivity contribution is 0.0926. The third kappa shape index (κ3) is 1.82. The maximum atomic E-state index is 12.4. The van der Waals surface area contributed by atoms with Crippen LogP contribution in [0.2, 0.25) is 0 Å². The third-order valence-electron chi connectivity index (χ3n) is 3.38. The van der Waals surface area contributed by atoms with Crippen molar-refractivity contribution in [2.75, 3.05) is 16.4 Å². The molecule has 2 aromatic rings. The van der Waals surface area contributed by atoms with Gasteiger partial charge >= 0.3 is 0 Å². The average Bonchev–Trinajstić information content (AvgIpc) is 2.72. The Morgan fingerprint density at radius 2 is 1.38 bits per heavy atom. The van der Waals surface area contributed by atoms with E-state index in [1.165, 1.54) is 12.1 Å². The van der Waals surface area contributed by atoms with Gasteiger partial charge in [0.05, 0.1) is 28.2 Å². The van der Waals surface area contributed by atoms with E-state index in [0.29, 0.717) is 11.3 Å². The van der Waals surface area contributed by atoms with Crippen LogP contribution in [0.4, 0.5) is 17.1 Å². The second-order valence-corrected chi connectivity index (χ2v) is 4.66. The molecule has 0 spiro atoms. The number of imide groups is 1. The lowest BCUT2D eigenvalue weighted by Crippen LogP contribution is -2.29. The number of nitrogens with two attached hydrogens (primary N) is 2. The van der Waals surface area contributed by atoms with Gasteiger partial charge in [-0.25, -0.2) is 4.90 Å². The van der Waals surface area contributed by atoms with Crippen LogP contribution in [0.25, 0.3) is 0 Å². The van der Waals surface area contributed by atoms with E-state index in [0.717, 1.165) is 4.90 Å². The first-order valence-electron chi connectivity index (χ1n) is 6.17. The molecule has 1 aliphatic rings. The molecule has 3 rings (SSSR count). The minimum absolute atomic E-state index is 0.257. The van der Waals surface area contributed by atoms with Crippen molar-refractivity contribution in [1.29, 1.82) is 0 Å². The minimum Gasteiger partial charge on any atom is -0.397 e. The fourth-order valence-electron chi connectivity index (χ4n) is 2.26. The summed E-state index contributed by atoms with van der Waals surface area (Å²) in [6, 6.07) is 9.46. The van der Waals surface area contributed by atoms with Crippen LogP contribution in [0.1, 0.15) is 26.3 Å². The molecule has 2 aromatic carbocycles. The Labute approximate surface area is 121 Å². The monoisotopic (exact) mass is 277 g/mol. The zero-order valence-corrected chi connectivity index (χ0v) is 11.0. The number of fused-ring (bicyclic) bond motifs is 1. The van der Waals surface area contributed by atoms with Gasteiger partial charge in [-0.1, -0.05) is 5.92 Å². The van der Waals surface area contributed by atoms with Crippen molar-refractivity contribution in [1.82, 2.24) is 0 Å². The summed E-state index contributed by atoms with van der Waals surface area (Å²) in [4.78, 5) is 25.9. The number of carbonyl (C=O) groups excluding carboxylic acids is 2. The number of rotatable bonds is 1. The van der Waals surface area contributed by atoms with Gasteiger partial charge in [0.1, 0.15) is 0 Å².